The molecule has 2 N–H and O–H groups in total. The number of carboxylic acid groups (broad SMARTS) is 1. The molecule has 0 radical (unpaired) electrons. The first-order chi connectivity index (χ1) is 20.0. The molecule has 0 bridgehead atoms. The van der Waals surface area contributed by atoms with E-state index in [1.807, 2.05) is 32.9 Å². The highest BCUT2D eigenvalue weighted by atomic mass is 19.1. The summed E-state index contributed by atoms with van der Waals surface area (Å²) < 4.78 is 37.6. The van der Waals surface area contributed by atoms with Crippen molar-refractivity contribution in [1.29, 1.82) is 5.41 Å². The number of halogens is 1. The third kappa shape index (κ3) is 6.61. The second-order valence-corrected chi connectivity index (χ2v) is 11.5. The number of ketones is 1. The number of hydrogen-bond donors (Lipinski definition) is 2. The number of unbranched alkanes of at least 4 members (excludes halogenated alkanes) is 1. The molecule has 4 rings (SSSR count). The van der Waals surface area contributed by atoms with Crippen LogP contribution in [-0.4, -0.2) is 81.3 Å². The number of fused-ring (bicyclic) bond motifs is 1. The number of rotatable bonds is 12. The molecule has 0 aromatic heterocycles. The van der Waals surface area contributed by atoms with Crippen LogP contribution in [0.25, 0.3) is 0 Å². The molecule has 11 heteroatoms. The molecule has 228 valence electrons. The SMILES string of the molecule is COc1cc2c(c(F)c1OC)C(=N)N(CC(=O)c1cc(N3CCOCC3)c(OCCCCC(=O)O)c(C(C)(C)C)c1)C2. The summed E-state index contributed by atoms with van der Waals surface area (Å²) in [7, 11) is 2.77. The van der Waals surface area contributed by atoms with E-state index < -0.39 is 11.8 Å². The van der Waals surface area contributed by atoms with Crippen LogP contribution < -0.4 is 19.1 Å². The Morgan fingerprint density at radius 1 is 1.07 bits per heavy atom. The number of nitrogens with zero attached hydrogens (tertiary/aromatic N) is 2. The predicted octanol–water partition coefficient (Wildman–Crippen LogP) is 4.63. The van der Waals surface area contributed by atoms with Crippen LogP contribution in [0.3, 0.4) is 0 Å². The van der Waals surface area contributed by atoms with E-state index in [2.05, 4.69) is 4.90 Å². The van der Waals surface area contributed by atoms with Crippen LogP contribution in [-0.2, 0) is 21.5 Å². The summed E-state index contributed by atoms with van der Waals surface area (Å²) in [5.74, 6) is -0.962. The monoisotopic (exact) mass is 585 g/mol. The minimum absolute atomic E-state index is 0.0716. The van der Waals surface area contributed by atoms with Crippen molar-refractivity contribution in [2.75, 3.05) is 58.6 Å². The number of amidine groups is 1. The zero-order valence-corrected chi connectivity index (χ0v) is 25.0. The first kappa shape index (κ1) is 31.1. The van der Waals surface area contributed by atoms with E-state index >= 15 is 4.39 Å². The van der Waals surface area contributed by atoms with Crippen molar-refractivity contribution in [3.8, 4) is 17.2 Å². The maximum Gasteiger partial charge on any atom is 0.303 e. The van der Waals surface area contributed by atoms with Gasteiger partial charge in [0.15, 0.2) is 23.1 Å². The summed E-state index contributed by atoms with van der Waals surface area (Å²) >= 11 is 0. The van der Waals surface area contributed by atoms with E-state index in [1.54, 1.807) is 11.0 Å². The van der Waals surface area contributed by atoms with Crippen molar-refractivity contribution in [2.24, 2.45) is 0 Å². The van der Waals surface area contributed by atoms with E-state index in [4.69, 9.17) is 29.5 Å². The van der Waals surface area contributed by atoms with Gasteiger partial charge in [-0.1, -0.05) is 20.8 Å². The average molecular weight is 586 g/mol. The highest BCUT2D eigenvalue weighted by Gasteiger charge is 2.34. The molecule has 0 aliphatic carbocycles. The van der Waals surface area contributed by atoms with Gasteiger partial charge in [-0.05, 0) is 42.0 Å². The molecular formula is C31H40FN3O7. The first-order valence-electron chi connectivity index (χ1n) is 14.1. The van der Waals surface area contributed by atoms with Crippen LogP contribution in [0.4, 0.5) is 10.1 Å². The molecule has 2 aliphatic heterocycles. The molecule has 1 saturated heterocycles. The van der Waals surface area contributed by atoms with Gasteiger partial charge in [-0.15, -0.1) is 0 Å². The number of hydrogen-bond acceptors (Lipinski definition) is 8. The summed E-state index contributed by atoms with van der Waals surface area (Å²) in [5, 5.41) is 17.6. The third-order valence-corrected chi connectivity index (χ3v) is 7.52. The quantitative estimate of drug-likeness (QED) is 0.271. The molecule has 0 amide bonds. The van der Waals surface area contributed by atoms with Gasteiger partial charge in [-0.3, -0.25) is 15.0 Å². The number of morpholine rings is 1. The number of carbonyl (C=O) groups excluding carboxylic acids is 1. The summed E-state index contributed by atoms with van der Waals surface area (Å²) in [5.41, 5.74) is 2.40. The van der Waals surface area contributed by atoms with Crippen molar-refractivity contribution in [1.82, 2.24) is 4.90 Å². The van der Waals surface area contributed by atoms with E-state index in [1.165, 1.54) is 14.2 Å². The Morgan fingerprint density at radius 3 is 2.40 bits per heavy atom. The van der Waals surface area contributed by atoms with E-state index in [9.17, 15) is 9.59 Å². The molecule has 2 aromatic rings. The Labute approximate surface area is 245 Å². The Kier molecular flexibility index (Phi) is 9.60. The molecule has 0 unspecified atom stereocenters. The smallest absolute Gasteiger partial charge is 0.303 e. The van der Waals surface area contributed by atoms with Crippen molar-refractivity contribution in [3.05, 3.63) is 46.3 Å². The lowest BCUT2D eigenvalue weighted by Crippen LogP contribution is -2.37. The largest absolute Gasteiger partial charge is 0.493 e. The molecular weight excluding hydrogens is 545 g/mol. The molecule has 2 heterocycles. The maximum atomic E-state index is 15.3. The Bertz CT molecular complexity index is 1350. The molecule has 2 aliphatic rings. The molecule has 0 atom stereocenters. The molecule has 2 aromatic carbocycles. The Balaban J connectivity index is 1.64. The van der Waals surface area contributed by atoms with Gasteiger partial charge in [0.1, 0.15) is 11.6 Å². The van der Waals surface area contributed by atoms with Crippen LogP contribution >= 0.6 is 0 Å². The van der Waals surface area contributed by atoms with Crippen LogP contribution in [0.2, 0.25) is 0 Å². The zero-order chi connectivity index (χ0) is 30.6. The second kappa shape index (κ2) is 13.0. The lowest BCUT2D eigenvalue weighted by atomic mass is 9.84. The summed E-state index contributed by atoms with van der Waals surface area (Å²) in [6.07, 6.45) is 1.17. The zero-order valence-electron chi connectivity index (χ0n) is 25.0. The van der Waals surface area contributed by atoms with Gasteiger partial charge in [0, 0.05) is 37.2 Å². The number of ether oxygens (including phenoxy) is 4. The van der Waals surface area contributed by atoms with Gasteiger partial charge in [-0.2, -0.15) is 0 Å². The summed E-state index contributed by atoms with van der Waals surface area (Å²) in [6, 6.07) is 5.32. The van der Waals surface area contributed by atoms with Crippen molar-refractivity contribution in [3.63, 3.8) is 0 Å². The number of anilines is 1. The Morgan fingerprint density at radius 2 is 1.79 bits per heavy atom. The number of aliphatic carboxylic acids is 1. The lowest BCUT2D eigenvalue weighted by molar-refractivity contribution is -0.137. The van der Waals surface area contributed by atoms with Crippen LogP contribution in [0.5, 0.6) is 17.2 Å². The van der Waals surface area contributed by atoms with Gasteiger partial charge in [-0.25, -0.2) is 4.39 Å². The van der Waals surface area contributed by atoms with Crippen LogP contribution in [0.15, 0.2) is 18.2 Å². The van der Waals surface area contributed by atoms with Crippen molar-refractivity contribution < 1.29 is 38.0 Å². The maximum absolute atomic E-state index is 15.3. The van der Waals surface area contributed by atoms with Crippen LogP contribution in [0.1, 0.15) is 67.1 Å². The molecule has 42 heavy (non-hydrogen) atoms. The van der Waals surface area contributed by atoms with Crippen molar-refractivity contribution in [2.45, 2.75) is 52.0 Å². The lowest BCUT2D eigenvalue weighted by Gasteiger charge is -2.34. The predicted molar refractivity (Wildman–Crippen MR) is 156 cm³/mol. The van der Waals surface area contributed by atoms with Crippen LogP contribution in [0, 0.1) is 11.2 Å². The fourth-order valence-corrected chi connectivity index (χ4v) is 5.30. The third-order valence-electron chi connectivity index (χ3n) is 7.52. The van der Waals surface area contributed by atoms with Crippen molar-refractivity contribution >= 4 is 23.3 Å². The molecule has 1 fully saturated rings. The molecule has 0 spiro atoms. The number of carbonyl (C=O) groups is 2. The minimum atomic E-state index is -0.836. The van der Waals surface area contributed by atoms with E-state index in [0.29, 0.717) is 62.6 Å². The van der Waals surface area contributed by atoms with Gasteiger partial charge in [0.25, 0.3) is 0 Å². The number of nitrogens with one attached hydrogen (secondary N) is 1. The number of benzene rings is 2. The van der Waals surface area contributed by atoms with Gasteiger partial charge in [0.05, 0.1) is 51.8 Å². The normalized spacial score (nSPS) is 15.0. The minimum Gasteiger partial charge on any atom is -0.493 e. The average Bonchev–Trinajstić information content (AvgIpc) is 3.26. The number of methoxy groups -OCH3 is 2. The number of Topliss-reactive ketones (excluding diaryl/α,β-unsaturated/α-hetero) is 1. The molecule has 0 saturated carbocycles. The Hall–Kier alpha value is -3.86. The topological polar surface area (TPSA) is 122 Å². The second-order valence-electron chi connectivity index (χ2n) is 11.5. The fourth-order valence-electron chi connectivity index (χ4n) is 5.30. The number of carboxylic acids is 1. The van der Waals surface area contributed by atoms with Gasteiger partial charge < -0.3 is 33.9 Å². The summed E-state index contributed by atoms with van der Waals surface area (Å²) in [6.45, 7) is 8.93. The van der Waals surface area contributed by atoms with Gasteiger partial charge >= 0.3 is 5.97 Å². The van der Waals surface area contributed by atoms with E-state index in [0.717, 1.165) is 11.3 Å². The highest BCUT2D eigenvalue weighted by Crippen LogP contribution is 2.42. The van der Waals surface area contributed by atoms with E-state index in [-0.39, 0.29) is 53.6 Å². The molecule has 10 nitrogen and oxygen atoms in total. The summed E-state index contributed by atoms with van der Waals surface area (Å²) in [4.78, 5) is 28.4. The standard InChI is InChI=1S/C31H40FN3O7/c1-31(2,3)21-14-19(15-22(34-9-12-41-13-10-34)28(21)42-11-7-6-8-25(37)38)23(36)18-35-17-20-16-24(39-4)29(40-5)27(32)26(20)30(35)33/h14-16,33H,6-13,17-18H2,1-5H3,(H,37,38). The van der Waals surface area contributed by atoms with Gasteiger partial charge in [0.2, 0.25) is 0 Å². The highest BCUT2D eigenvalue weighted by molar-refractivity contribution is 6.06. The fraction of sp³-hybridized carbons (Fsp3) is 0.516. The first-order valence-corrected chi connectivity index (χ1v) is 14.1.